The summed E-state index contributed by atoms with van der Waals surface area (Å²) in [6.45, 7) is 2.09. The molecule has 0 aromatic carbocycles. The maximum atomic E-state index is 11.4. The van der Waals surface area contributed by atoms with Crippen LogP contribution in [-0.4, -0.2) is 15.3 Å². The lowest BCUT2D eigenvalue weighted by Crippen LogP contribution is -2.07. The normalized spacial score (nSPS) is 10.3. The van der Waals surface area contributed by atoms with Gasteiger partial charge in [0.25, 0.3) is 0 Å². The minimum absolute atomic E-state index is 0.288. The zero-order valence-corrected chi connectivity index (χ0v) is 8.29. The van der Waals surface area contributed by atoms with Gasteiger partial charge in [0.2, 0.25) is 0 Å². The first-order valence-electron chi connectivity index (χ1n) is 4.72. The lowest BCUT2D eigenvalue weighted by atomic mass is 10.1. The molecule has 1 rings (SSSR count). The van der Waals surface area contributed by atoms with Crippen molar-refractivity contribution in [2.45, 2.75) is 32.6 Å². The van der Waals surface area contributed by atoms with Crippen LogP contribution in [0, 0.1) is 0 Å². The standard InChI is InChI=1S/C10H16N2O/c1-3-4-5-9(13)8-10-11-6-7-12(10)2/h6-7H,3-5,8H2,1-2H3. The van der Waals surface area contributed by atoms with Gasteiger partial charge in [0, 0.05) is 25.9 Å². The van der Waals surface area contributed by atoms with Crippen molar-refractivity contribution in [2.24, 2.45) is 7.05 Å². The molecule has 0 aliphatic rings. The molecule has 0 aliphatic carbocycles. The van der Waals surface area contributed by atoms with Crippen LogP contribution in [0.4, 0.5) is 0 Å². The number of ketones is 1. The summed E-state index contributed by atoms with van der Waals surface area (Å²) in [5.41, 5.74) is 0. The molecular weight excluding hydrogens is 164 g/mol. The number of imidazole rings is 1. The first kappa shape index (κ1) is 9.96. The molecule has 0 N–H and O–H groups in total. The Morgan fingerprint density at radius 1 is 1.62 bits per heavy atom. The molecule has 0 amide bonds. The van der Waals surface area contributed by atoms with Gasteiger partial charge in [-0.05, 0) is 6.42 Å². The van der Waals surface area contributed by atoms with Crippen molar-refractivity contribution < 1.29 is 4.79 Å². The van der Waals surface area contributed by atoms with Gasteiger partial charge in [-0.2, -0.15) is 0 Å². The van der Waals surface area contributed by atoms with Crippen LogP contribution in [0.25, 0.3) is 0 Å². The average Bonchev–Trinajstić information content (AvgIpc) is 2.48. The number of hydrogen-bond acceptors (Lipinski definition) is 2. The van der Waals surface area contributed by atoms with Gasteiger partial charge in [-0.15, -0.1) is 0 Å². The minimum atomic E-state index is 0.288. The molecule has 1 heterocycles. The highest BCUT2D eigenvalue weighted by Gasteiger charge is 2.06. The van der Waals surface area contributed by atoms with Crippen molar-refractivity contribution in [3.63, 3.8) is 0 Å². The van der Waals surface area contributed by atoms with Crippen LogP contribution in [-0.2, 0) is 18.3 Å². The molecule has 1 aromatic heterocycles. The number of Topliss-reactive ketones (excluding diaryl/α,β-unsaturated/α-hetero) is 1. The van der Waals surface area contributed by atoms with E-state index < -0.39 is 0 Å². The zero-order valence-electron chi connectivity index (χ0n) is 8.29. The third kappa shape index (κ3) is 3.01. The number of nitrogens with zero attached hydrogens (tertiary/aromatic N) is 2. The average molecular weight is 180 g/mol. The molecule has 0 bridgehead atoms. The van der Waals surface area contributed by atoms with E-state index in [1.807, 2.05) is 17.8 Å². The maximum Gasteiger partial charge on any atom is 0.140 e. The number of aryl methyl sites for hydroxylation is 1. The Hall–Kier alpha value is -1.12. The quantitative estimate of drug-likeness (QED) is 0.691. The van der Waals surface area contributed by atoms with Crippen molar-refractivity contribution in [3.8, 4) is 0 Å². The molecule has 0 atom stereocenters. The number of hydrogen-bond donors (Lipinski definition) is 0. The molecular formula is C10H16N2O. The molecule has 0 saturated heterocycles. The molecule has 0 fully saturated rings. The Balaban J connectivity index is 2.41. The second-order valence-corrected chi connectivity index (χ2v) is 3.27. The summed E-state index contributed by atoms with van der Waals surface area (Å²) in [6.07, 6.45) is 6.81. The van der Waals surface area contributed by atoms with E-state index in [0.29, 0.717) is 12.8 Å². The monoisotopic (exact) mass is 180 g/mol. The molecule has 13 heavy (non-hydrogen) atoms. The summed E-state index contributed by atoms with van der Waals surface area (Å²) in [5.74, 6) is 1.15. The van der Waals surface area contributed by atoms with E-state index in [1.165, 1.54) is 0 Å². The molecule has 3 nitrogen and oxygen atoms in total. The van der Waals surface area contributed by atoms with E-state index in [2.05, 4.69) is 11.9 Å². The fraction of sp³-hybridized carbons (Fsp3) is 0.600. The second kappa shape index (κ2) is 4.80. The zero-order chi connectivity index (χ0) is 9.68. The molecule has 0 aliphatic heterocycles. The summed E-state index contributed by atoms with van der Waals surface area (Å²) >= 11 is 0. The number of carbonyl (C=O) groups excluding carboxylic acids is 1. The Labute approximate surface area is 78.8 Å². The van der Waals surface area contributed by atoms with Crippen molar-refractivity contribution in [3.05, 3.63) is 18.2 Å². The van der Waals surface area contributed by atoms with Gasteiger partial charge in [0.05, 0.1) is 6.42 Å². The number of rotatable bonds is 5. The number of aromatic nitrogens is 2. The molecule has 0 saturated carbocycles. The predicted octanol–water partition coefficient (Wildman–Crippen LogP) is 1.72. The summed E-state index contributed by atoms with van der Waals surface area (Å²) in [4.78, 5) is 15.5. The highest BCUT2D eigenvalue weighted by molar-refractivity contribution is 5.80. The van der Waals surface area contributed by atoms with Crippen molar-refractivity contribution in [1.29, 1.82) is 0 Å². The first-order valence-corrected chi connectivity index (χ1v) is 4.72. The van der Waals surface area contributed by atoms with Gasteiger partial charge >= 0.3 is 0 Å². The molecule has 72 valence electrons. The van der Waals surface area contributed by atoms with Crippen molar-refractivity contribution in [2.75, 3.05) is 0 Å². The fourth-order valence-electron chi connectivity index (χ4n) is 1.21. The molecule has 0 unspecified atom stereocenters. The lowest BCUT2D eigenvalue weighted by molar-refractivity contribution is -0.118. The van der Waals surface area contributed by atoms with E-state index in [1.54, 1.807) is 6.20 Å². The van der Waals surface area contributed by atoms with E-state index in [-0.39, 0.29) is 5.78 Å². The Morgan fingerprint density at radius 3 is 2.92 bits per heavy atom. The smallest absolute Gasteiger partial charge is 0.140 e. The van der Waals surface area contributed by atoms with E-state index in [4.69, 9.17) is 0 Å². The van der Waals surface area contributed by atoms with Gasteiger partial charge in [0.1, 0.15) is 11.6 Å². The summed E-state index contributed by atoms with van der Waals surface area (Å²) in [5, 5.41) is 0. The third-order valence-electron chi connectivity index (χ3n) is 2.09. The largest absolute Gasteiger partial charge is 0.338 e. The highest BCUT2D eigenvalue weighted by Crippen LogP contribution is 2.01. The van der Waals surface area contributed by atoms with Crippen LogP contribution in [0.3, 0.4) is 0 Å². The second-order valence-electron chi connectivity index (χ2n) is 3.27. The molecule has 0 spiro atoms. The van der Waals surface area contributed by atoms with Crippen LogP contribution >= 0.6 is 0 Å². The number of unbranched alkanes of at least 4 members (excludes halogenated alkanes) is 1. The van der Waals surface area contributed by atoms with Crippen LogP contribution < -0.4 is 0 Å². The fourth-order valence-corrected chi connectivity index (χ4v) is 1.21. The Morgan fingerprint density at radius 2 is 2.38 bits per heavy atom. The third-order valence-corrected chi connectivity index (χ3v) is 2.09. The predicted molar refractivity (Wildman–Crippen MR) is 51.4 cm³/mol. The van der Waals surface area contributed by atoms with Gasteiger partial charge in [-0.3, -0.25) is 4.79 Å². The first-order chi connectivity index (χ1) is 6.24. The van der Waals surface area contributed by atoms with E-state index in [0.717, 1.165) is 18.7 Å². The topological polar surface area (TPSA) is 34.9 Å². The van der Waals surface area contributed by atoms with Crippen LogP contribution in [0.15, 0.2) is 12.4 Å². The van der Waals surface area contributed by atoms with Gasteiger partial charge in [-0.1, -0.05) is 13.3 Å². The van der Waals surface area contributed by atoms with Gasteiger partial charge in [0.15, 0.2) is 0 Å². The van der Waals surface area contributed by atoms with Crippen LogP contribution in [0.5, 0.6) is 0 Å². The van der Waals surface area contributed by atoms with Gasteiger partial charge in [-0.25, -0.2) is 4.98 Å². The Kier molecular flexibility index (Phi) is 3.68. The number of carbonyl (C=O) groups is 1. The minimum Gasteiger partial charge on any atom is -0.338 e. The summed E-state index contributed by atoms with van der Waals surface area (Å²) in [7, 11) is 1.91. The van der Waals surface area contributed by atoms with Crippen LogP contribution in [0.2, 0.25) is 0 Å². The molecule has 1 aromatic rings. The van der Waals surface area contributed by atoms with Crippen molar-refractivity contribution >= 4 is 5.78 Å². The van der Waals surface area contributed by atoms with E-state index >= 15 is 0 Å². The highest BCUT2D eigenvalue weighted by atomic mass is 16.1. The SMILES string of the molecule is CCCCC(=O)Cc1nccn1C. The van der Waals surface area contributed by atoms with Gasteiger partial charge < -0.3 is 4.57 Å². The van der Waals surface area contributed by atoms with E-state index in [9.17, 15) is 4.79 Å². The summed E-state index contributed by atoms with van der Waals surface area (Å²) < 4.78 is 1.89. The van der Waals surface area contributed by atoms with Crippen molar-refractivity contribution in [1.82, 2.24) is 9.55 Å². The molecule has 0 radical (unpaired) electrons. The van der Waals surface area contributed by atoms with Crippen LogP contribution in [0.1, 0.15) is 32.0 Å². The molecule has 3 heteroatoms. The lowest BCUT2D eigenvalue weighted by Gasteiger charge is -2.00. The Bertz CT molecular complexity index is 278. The maximum absolute atomic E-state index is 11.4. The summed E-state index contributed by atoms with van der Waals surface area (Å²) in [6, 6.07) is 0.